The van der Waals surface area contributed by atoms with Gasteiger partial charge in [0.25, 0.3) is 0 Å². The molecule has 1 aromatic rings. The number of carboxylic acids is 1. The van der Waals surface area contributed by atoms with Gasteiger partial charge in [0.2, 0.25) is 11.8 Å². The number of nitrogens with zero attached hydrogens (tertiary/aromatic N) is 1. The lowest BCUT2D eigenvalue weighted by Gasteiger charge is -2.11. The van der Waals surface area contributed by atoms with Gasteiger partial charge in [-0.15, -0.1) is 6.42 Å². The number of carbonyl (C=O) groups is 3. The number of terminal acetylenes is 1. The largest absolute Gasteiger partial charge is 0.481 e. The Morgan fingerprint density at radius 3 is 2.60 bits per heavy atom. The fourth-order valence-electron chi connectivity index (χ4n) is 1.91. The number of aliphatic carboxylic acids is 1. The second kappa shape index (κ2) is 11.5. The lowest BCUT2D eigenvalue weighted by atomic mass is 10.2. The molecular weight excluding hydrogens is 324 g/mol. The second-order valence-corrected chi connectivity index (χ2v) is 5.23. The van der Waals surface area contributed by atoms with Crippen LogP contribution >= 0.6 is 0 Å². The molecule has 1 unspecified atom stereocenters. The van der Waals surface area contributed by atoms with Gasteiger partial charge in [-0.3, -0.25) is 14.4 Å². The summed E-state index contributed by atoms with van der Waals surface area (Å²) in [6.07, 6.45) is 7.17. The Hall–Kier alpha value is -3.08. The van der Waals surface area contributed by atoms with E-state index in [9.17, 15) is 14.4 Å². The molecule has 0 bridgehead atoms. The van der Waals surface area contributed by atoms with Crippen LogP contribution in [0.25, 0.3) is 0 Å². The molecule has 8 nitrogen and oxygen atoms in total. The molecule has 0 fully saturated rings. The molecule has 1 heterocycles. The van der Waals surface area contributed by atoms with Crippen LogP contribution in [0.5, 0.6) is 0 Å². The second-order valence-electron chi connectivity index (χ2n) is 5.23. The van der Waals surface area contributed by atoms with E-state index in [1.165, 1.54) is 0 Å². The number of pyridine rings is 1. The highest BCUT2D eigenvalue weighted by Gasteiger charge is 2.14. The van der Waals surface area contributed by atoms with Crippen LogP contribution < -0.4 is 16.0 Å². The topological polar surface area (TPSA) is 120 Å². The summed E-state index contributed by atoms with van der Waals surface area (Å²) in [5.74, 6) is 1.17. The molecule has 0 saturated heterocycles. The SMILES string of the molecule is C#CC(CC(=O)O)NC(=O)CCC(=O)NCCCNc1ccccn1. The highest BCUT2D eigenvalue weighted by molar-refractivity contribution is 5.84. The molecule has 2 amide bonds. The summed E-state index contributed by atoms with van der Waals surface area (Å²) in [4.78, 5) is 38.0. The molecule has 0 aliphatic carbocycles. The number of amides is 2. The van der Waals surface area contributed by atoms with Crippen molar-refractivity contribution in [2.24, 2.45) is 0 Å². The molecule has 1 aromatic heterocycles. The Balaban J connectivity index is 2.10. The van der Waals surface area contributed by atoms with Gasteiger partial charge < -0.3 is 21.1 Å². The van der Waals surface area contributed by atoms with Crippen LogP contribution in [0.2, 0.25) is 0 Å². The minimum atomic E-state index is -1.10. The van der Waals surface area contributed by atoms with Gasteiger partial charge in [0, 0.05) is 32.1 Å². The molecule has 0 aliphatic rings. The predicted molar refractivity (Wildman–Crippen MR) is 92.6 cm³/mol. The van der Waals surface area contributed by atoms with Crippen molar-refractivity contribution < 1.29 is 19.5 Å². The number of rotatable bonds is 11. The van der Waals surface area contributed by atoms with Crippen molar-refractivity contribution >= 4 is 23.6 Å². The minimum Gasteiger partial charge on any atom is -0.481 e. The first kappa shape index (κ1) is 20.0. The van der Waals surface area contributed by atoms with Gasteiger partial charge in [0.05, 0.1) is 6.42 Å². The Morgan fingerprint density at radius 2 is 1.96 bits per heavy atom. The van der Waals surface area contributed by atoms with Crippen LogP contribution in [0.1, 0.15) is 25.7 Å². The van der Waals surface area contributed by atoms with E-state index in [-0.39, 0.29) is 25.2 Å². The molecule has 0 radical (unpaired) electrons. The predicted octanol–water partition coefficient (Wildman–Crippen LogP) is 0.373. The van der Waals surface area contributed by atoms with Crippen molar-refractivity contribution in [3.8, 4) is 12.3 Å². The first-order chi connectivity index (χ1) is 12.0. The smallest absolute Gasteiger partial charge is 0.306 e. The fourth-order valence-corrected chi connectivity index (χ4v) is 1.91. The Morgan fingerprint density at radius 1 is 1.20 bits per heavy atom. The van der Waals surface area contributed by atoms with E-state index < -0.39 is 17.9 Å². The van der Waals surface area contributed by atoms with E-state index in [2.05, 4.69) is 26.9 Å². The third-order valence-electron chi connectivity index (χ3n) is 3.14. The Kier molecular flexibility index (Phi) is 9.15. The Labute approximate surface area is 146 Å². The maximum absolute atomic E-state index is 11.7. The highest BCUT2D eigenvalue weighted by Crippen LogP contribution is 1.99. The number of carbonyl (C=O) groups excluding carboxylic acids is 2. The summed E-state index contributed by atoms with van der Waals surface area (Å²) in [6.45, 7) is 1.14. The zero-order valence-corrected chi connectivity index (χ0v) is 13.8. The van der Waals surface area contributed by atoms with E-state index >= 15 is 0 Å². The molecular formula is C17H22N4O4. The monoisotopic (exact) mass is 346 g/mol. The lowest BCUT2D eigenvalue weighted by Crippen LogP contribution is -2.36. The average Bonchev–Trinajstić information content (AvgIpc) is 2.59. The lowest BCUT2D eigenvalue weighted by molar-refractivity contribution is -0.137. The summed E-state index contributed by atoms with van der Waals surface area (Å²) < 4.78 is 0. The molecule has 134 valence electrons. The zero-order valence-electron chi connectivity index (χ0n) is 13.8. The normalized spacial score (nSPS) is 11.0. The van der Waals surface area contributed by atoms with Crippen LogP contribution in [-0.2, 0) is 14.4 Å². The van der Waals surface area contributed by atoms with E-state index in [0.717, 1.165) is 5.82 Å². The van der Waals surface area contributed by atoms with E-state index in [1.54, 1.807) is 6.20 Å². The molecule has 1 rings (SSSR count). The van der Waals surface area contributed by atoms with Gasteiger partial charge in [0.1, 0.15) is 11.9 Å². The van der Waals surface area contributed by atoms with Crippen LogP contribution in [0.3, 0.4) is 0 Å². The standard InChI is InChI=1S/C17H22N4O4/c1-2-13(12-17(24)25)21-16(23)8-7-15(22)20-11-5-10-19-14-6-3-4-9-18-14/h1,3-4,6,9,13H,5,7-8,10-12H2,(H,18,19)(H,20,22)(H,21,23)(H,24,25). The number of hydrogen-bond acceptors (Lipinski definition) is 5. The number of anilines is 1. The molecule has 0 aliphatic heterocycles. The molecule has 25 heavy (non-hydrogen) atoms. The van der Waals surface area contributed by atoms with Crippen molar-refractivity contribution in [3.05, 3.63) is 24.4 Å². The van der Waals surface area contributed by atoms with Gasteiger partial charge >= 0.3 is 5.97 Å². The van der Waals surface area contributed by atoms with Crippen LogP contribution in [-0.4, -0.2) is 47.0 Å². The zero-order chi connectivity index (χ0) is 18.5. The van der Waals surface area contributed by atoms with Gasteiger partial charge in [-0.05, 0) is 18.6 Å². The summed E-state index contributed by atoms with van der Waals surface area (Å²) in [6, 6.07) is 4.69. The van der Waals surface area contributed by atoms with Gasteiger partial charge in [-0.2, -0.15) is 0 Å². The van der Waals surface area contributed by atoms with Crippen LogP contribution in [0, 0.1) is 12.3 Å². The van der Waals surface area contributed by atoms with Crippen molar-refractivity contribution in [2.75, 3.05) is 18.4 Å². The summed E-state index contributed by atoms with van der Waals surface area (Å²) in [5.41, 5.74) is 0. The van der Waals surface area contributed by atoms with Crippen molar-refractivity contribution in [3.63, 3.8) is 0 Å². The number of aromatic nitrogens is 1. The molecule has 8 heteroatoms. The maximum atomic E-state index is 11.7. The molecule has 0 spiro atoms. The van der Waals surface area contributed by atoms with Gasteiger partial charge in [0.15, 0.2) is 0 Å². The number of hydrogen-bond donors (Lipinski definition) is 4. The Bertz CT molecular complexity index is 613. The van der Waals surface area contributed by atoms with Crippen molar-refractivity contribution in [1.82, 2.24) is 15.6 Å². The maximum Gasteiger partial charge on any atom is 0.306 e. The first-order valence-corrected chi connectivity index (χ1v) is 7.90. The van der Waals surface area contributed by atoms with Crippen LogP contribution in [0.15, 0.2) is 24.4 Å². The third kappa shape index (κ3) is 9.61. The van der Waals surface area contributed by atoms with Gasteiger partial charge in [-0.25, -0.2) is 4.98 Å². The summed E-state index contributed by atoms with van der Waals surface area (Å²) in [5, 5.41) is 16.9. The van der Waals surface area contributed by atoms with Crippen LogP contribution in [0.4, 0.5) is 5.82 Å². The number of nitrogens with one attached hydrogen (secondary N) is 3. The van der Waals surface area contributed by atoms with Crippen molar-refractivity contribution in [2.45, 2.75) is 31.7 Å². The first-order valence-electron chi connectivity index (χ1n) is 7.90. The minimum absolute atomic E-state index is 0.0177. The highest BCUT2D eigenvalue weighted by atomic mass is 16.4. The summed E-state index contributed by atoms with van der Waals surface area (Å²) >= 11 is 0. The van der Waals surface area contributed by atoms with E-state index in [0.29, 0.717) is 19.5 Å². The fraction of sp³-hybridized carbons (Fsp3) is 0.412. The molecule has 1 atom stereocenters. The van der Waals surface area contributed by atoms with E-state index in [4.69, 9.17) is 11.5 Å². The number of carboxylic acid groups (broad SMARTS) is 1. The van der Waals surface area contributed by atoms with E-state index in [1.807, 2.05) is 18.2 Å². The average molecular weight is 346 g/mol. The molecule has 0 saturated carbocycles. The summed E-state index contributed by atoms with van der Waals surface area (Å²) in [7, 11) is 0. The molecule has 4 N–H and O–H groups in total. The molecule has 0 aromatic carbocycles. The quantitative estimate of drug-likeness (QED) is 0.339. The third-order valence-corrected chi connectivity index (χ3v) is 3.14. The van der Waals surface area contributed by atoms with Gasteiger partial charge in [-0.1, -0.05) is 12.0 Å². The van der Waals surface area contributed by atoms with Crippen molar-refractivity contribution in [1.29, 1.82) is 0 Å².